The molecule has 0 fully saturated rings. The number of rotatable bonds is 4. The summed E-state index contributed by atoms with van der Waals surface area (Å²) in [6, 6.07) is 5.24. The van der Waals surface area contributed by atoms with Gasteiger partial charge >= 0.3 is 5.97 Å². The van der Waals surface area contributed by atoms with Crippen molar-refractivity contribution in [1.29, 1.82) is 0 Å². The molecule has 1 aromatic carbocycles. The average Bonchev–Trinajstić information content (AvgIpc) is 2.58. The first-order valence-electron chi connectivity index (χ1n) is 8.12. The predicted octanol–water partition coefficient (Wildman–Crippen LogP) is 2.98. The van der Waals surface area contributed by atoms with E-state index in [0.29, 0.717) is 17.2 Å². The fourth-order valence-electron chi connectivity index (χ4n) is 3.41. The van der Waals surface area contributed by atoms with Crippen molar-refractivity contribution in [2.45, 2.75) is 26.3 Å². The van der Waals surface area contributed by atoms with Gasteiger partial charge in [-0.15, -0.1) is 0 Å². The Labute approximate surface area is 145 Å². The second-order valence-electron chi connectivity index (χ2n) is 6.53. The van der Waals surface area contributed by atoms with Crippen LogP contribution in [0, 0.1) is 5.92 Å². The summed E-state index contributed by atoms with van der Waals surface area (Å²) < 4.78 is 12.7. The Morgan fingerprint density at radius 1 is 1.20 bits per heavy atom. The van der Waals surface area contributed by atoms with E-state index < -0.39 is 11.4 Å². The Kier molecular flexibility index (Phi) is 4.29. The van der Waals surface area contributed by atoms with Crippen LogP contribution in [0.4, 0.5) is 0 Å². The van der Waals surface area contributed by atoms with E-state index in [0.717, 1.165) is 17.5 Å². The Morgan fingerprint density at radius 3 is 2.40 bits per heavy atom. The lowest BCUT2D eigenvalue weighted by atomic mass is 9.87. The highest BCUT2D eigenvalue weighted by Crippen LogP contribution is 2.42. The fraction of sp³-hybridized carbons (Fsp3) is 0.368. The molecule has 1 aromatic heterocycles. The molecule has 0 amide bonds. The molecule has 0 spiro atoms. The van der Waals surface area contributed by atoms with Crippen molar-refractivity contribution in [3.05, 3.63) is 45.7 Å². The van der Waals surface area contributed by atoms with Gasteiger partial charge in [0.15, 0.2) is 16.9 Å². The lowest BCUT2D eigenvalue weighted by molar-refractivity contribution is 0.0694. The lowest BCUT2D eigenvalue weighted by Crippen LogP contribution is -2.28. The minimum Gasteiger partial charge on any atom is -0.493 e. The fourth-order valence-corrected chi connectivity index (χ4v) is 3.41. The number of ether oxygens (including phenoxy) is 2. The molecule has 0 aliphatic carbocycles. The van der Waals surface area contributed by atoms with Crippen molar-refractivity contribution >= 4 is 5.97 Å². The SMILES string of the molecule is COc1cc2c(cc1OC)-c1cc(=O)c(C(=O)O)cn1[C@H](C(C)C)C2. The molecule has 0 bridgehead atoms. The van der Waals surface area contributed by atoms with Crippen LogP contribution in [-0.2, 0) is 6.42 Å². The van der Waals surface area contributed by atoms with Crippen LogP contribution >= 0.6 is 0 Å². The van der Waals surface area contributed by atoms with Gasteiger partial charge in [0.2, 0.25) is 0 Å². The van der Waals surface area contributed by atoms with Gasteiger partial charge in [0.05, 0.1) is 19.9 Å². The summed E-state index contributed by atoms with van der Waals surface area (Å²) in [6.07, 6.45) is 2.19. The summed E-state index contributed by atoms with van der Waals surface area (Å²) in [5.41, 5.74) is 1.92. The van der Waals surface area contributed by atoms with Crippen molar-refractivity contribution < 1.29 is 19.4 Å². The molecule has 6 nitrogen and oxygen atoms in total. The number of hydrogen-bond acceptors (Lipinski definition) is 4. The van der Waals surface area contributed by atoms with Gasteiger partial charge in [0.1, 0.15) is 5.56 Å². The van der Waals surface area contributed by atoms with E-state index in [9.17, 15) is 14.7 Å². The highest BCUT2D eigenvalue weighted by molar-refractivity contribution is 5.87. The molecule has 3 rings (SSSR count). The molecule has 0 radical (unpaired) electrons. The lowest BCUT2D eigenvalue weighted by Gasteiger charge is -2.33. The van der Waals surface area contributed by atoms with Crippen LogP contribution in [0.5, 0.6) is 11.5 Å². The Balaban J connectivity index is 2.31. The highest BCUT2D eigenvalue weighted by Gasteiger charge is 2.29. The zero-order chi connectivity index (χ0) is 18.3. The van der Waals surface area contributed by atoms with Crippen molar-refractivity contribution in [2.75, 3.05) is 14.2 Å². The van der Waals surface area contributed by atoms with Crippen LogP contribution < -0.4 is 14.9 Å². The van der Waals surface area contributed by atoms with E-state index >= 15 is 0 Å². The monoisotopic (exact) mass is 343 g/mol. The van der Waals surface area contributed by atoms with Crippen LogP contribution in [0.25, 0.3) is 11.3 Å². The molecule has 1 aliphatic rings. The third kappa shape index (κ3) is 2.77. The number of methoxy groups -OCH3 is 2. The summed E-state index contributed by atoms with van der Waals surface area (Å²) in [5.74, 6) is 0.275. The molecule has 0 unspecified atom stereocenters. The van der Waals surface area contributed by atoms with E-state index in [1.165, 1.54) is 12.3 Å². The maximum atomic E-state index is 12.2. The third-order valence-electron chi connectivity index (χ3n) is 4.75. The van der Waals surface area contributed by atoms with Crippen molar-refractivity contribution in [2.24, 2.45) is 5.92 Å². The number of hydrogen-bond donors (Lipinski definition) is 1. The van der Waals surface area contributed by atoms with E-state index in [4.69, 9.17) is 9.47 Å². The van der Waals surface area contributed by atoms with Gasteiger partial charge in [-0.05, 0) is 30.0 Å². The molecule has 0 saturated carbocycles. The first-order valence-corrected chi connectivity index (χ1v) is 8.12. The summed E-state index contributed by atoms with van der Waals surface area (Å²) in [7, 11) is 3.15. The number of benzene rings is 1. The van der Waals surface area contributed by atoms with E-state index in [1.54, 1.807) is 14.2 Å². The number of carboxylic acid groups (broad SMARTS) is 1. The maximum Gasteiger partial charge on any atom is 0.341 e. The molecule has 6 heteroatoms. The smallest absolute Gasteiger partial charge is 0.341 e. The summed E-state index contributed by atoms with van der Waals surface area (Å²) in [4.78, 5) is 23.6. The molecule has 2 aromatic rings. The van der Waals surface area contributed by atoms with Gasteiger partial charge in [-0.25, -0.2) is 4.79 Å². The first kappa shape index (κ1) is 17.1. The summed E-state index contributed by atoms with van der Waals surface area (Å²) in [5, 5.41) is 9.29. The first-order chi connectivity index (χ1) is 11.9. The zero-order valence-electron chi connectivity index (χ0n) is 14.7. The minimum atomic E-state index is -1.21. The molecule has 1 N–H and O–H groups in total. The van der Waals surface area contributed by atoms with Gasteiger partial charge in [-0.1, -0.05) is 13.8 Å². The second-order valence-corrected chi connectivity index (χ2v) is 6.53. The van der Waals surface area contributed by atoms with Crippen LogP contribution in [0.15, 0.2) is 29.2 Å². The van der Waals surface area contributed by atoms with Crippen LogP contribution in [0.3, 0.4) is 0 Å². The minimum absolute atomic E-state index is 0.0549. The molecular formula is C19H21NO5. The molecule has 132 valence electrons. The molecule has 0 saturated heterocycles. The number of aromatic carboxylic acids is 1. The number of nitrogens with zero attached hydrogens (tertiary/aromatic N) is 1. The van der Waals surface area contributed by atoms with Gasteiger partial charge < -0.3 is 19.1 Å². The zero-order valence-corrected chi connectivity index (χ0v) is 14.7. The number of fused-ring (bicyclic) bond motifs is 3. The van der Waals surface area contributed by atoms with Crippen molar-refractivity contribution in [3.63, 3.8) is 0 Å². The molecule has 2 heterocycles. The quantitative estimate of drug-likeness (QED) is 0.923. The molecule has 1 atom stereocenters. The average molecular weight is 343 g/mol. The molecular weight excluding hydrogens is 322 g/mol. The van der Waals surface area contributed by atoms with Gasteiger partial charge in [0, 0.05) is 23.9 Å². The highest BCUT2D eigenvalue weighted by atomic mass is 16.5. The Bertz CT molecular complexity index is 897. The van der Waals surface area contributed by atoms with Crippen LogP contribution in [-0.4, -0.2) is 29.9 Å². The number of carbonyl (C=O) groups is 1. The van der Waals surface area contributed by atoms with E-state index in [-0.39, 0.29) is 17.5 Å². The Hall–Kier alpha value is -2.76. The molecule has 1 aliphatic heterocycles. The normalized spacial score (nSPS) is 15.5. The third-order valence-corrected chi connectivity index (χ3v) is 4.75. The Morgan fingerprint density at radius 2 is 1.84 bits per heavy atom. The van der Waals surface area contributed by atoms with E-state index in [1.807, 2.05) is 16.7 Å². The number of aromatic nitrogens is 1. The van der Waals surface area contributed by atoms with Gasteiger partial charge in [-0.2, -0.15) is 0 Å². The van der Waals surface area contributed by atoms with Crippen molar-refractivity contribution in [3.8, 4) is 22.8 Å². The topological polar surface area (TPSA) is 77.8 Å². The second kappa shape index (κ2) is 6.27. The summed E-state index contributed by atoms with van der Waals surface area (Å²) >= 11 is 0. The van der Waals surface area contributed by atoms with Crippen LogP contribution in [0.2, 0.25) is 0 Å². The van der Waals surface area contributed by atoms with Gasteiger partial charge in [0.25, 0.3) is 0 Å². The number of carboxylic acids is 1. The summed E-state index contributed by atoms with van der Waals surface area (Å²) in [6.45, 7) is 4.16. The van der Waals surface area contributed by atoms with Gasteiger partial charge in [-0.3, -0.25) is 4.79 Å². The number of pyridine rings is 1. The largest absolute Gasteiger partial charge is 0.493 e. The van der Waals surface area contributed by atoms with Crippen molar-refractivity contribution in [1.82, 2.24) is 4.57 Å². The maximum absolute atomic E-state index is 12.2. The standard InChI is InChI=1S/C19H21NO5/c1-10(2)14-5-11-6-17(24-3)18(25-4)7-12(11)15-8-16(21)13(19(22)23)9-20(14)15/h6-10,14H,5H2,1-4H3,(H,22,23)/t14-/m0/s1. The van der Waals surface area contributed by atoms with Crippen LogP contribution in [0.1, 0.15) is 35.8 Å². The predicted molar refractivity (Wildman–Crippen MR) is 93.8 cm³/mol. The molecule has 25 heavy (non-hydrogen) atoms. The van der Waals surface area contributed by atoms with E-state index in [2.05, 4.69) is 13.8 Å².